The fourth-order valence-corrected chi connectivity index (χ4v) is 1.72. The van der Waals surface area contributed by atoms with Gasteiger partial charge in [-0.05, 0) is 18.6 Å². The molecule has 7 nitrogen and oxygen atoms in total. The predicted molar refractivity (Wildman–Crippen MR) is 75.4 cm³/mol. The molecular weight excluding hydrogens is 272 g/mol. The van der Waals surface area contributed by atoms with Gasteiger partial charge >= 0.3 is 5.97 Å². The van der Waals surface area contributed by atoms with Crippen molar-refractivity contribution in [2.45, 2.75) is 19.4 Å². The molecule has 0 radical (unpaired) electrons. The molecule has 0 unspecified atom stereocenters. The number of nitrogens with one attached hydrogen (secondary N) is 1. The summed E-state index contributed by atoms with van der Waals surface area (Å²) < 4.78 is 5.94. The van der Waals surface area contributed by atoms with Crippen LogP contribution >= 0.6 is 0 Å². The Morgan fingerprint density at radius 3 is 2.95 bits per heavy atom. The number of aryl methyl sites for hydroxylation is 1. The van der Waals surface area contributed by atoms with Crippen molar-refractivity contribution in [2.75, 3.05) is 12.4 Å². The first-order valence-electron chi connectivity index (χ1n) is 6.46. The summed E-state index contributed by atoms with van der Waals surface area (Å²) in [5.41, 5.74) is 1.42. The second-order valence-electron chi connectivity index (χ2n) is 4.37. The Labute approximate surface area is 121 Å². The van der Waals surface area contributed by atoms with E-state index in [1.807, 2.05) is 18.2 Å². The molecule has 2 aromatic heterocycles. The van der Waals surface area contributed by atoms with Crippen LogP contribution in [0.2, 0.25) is 0 Å². The van der Waals surface area contributed by atoms with Crippen LogP contribution in [0, 0.1) is 0 Å². The molecule has 0 fully saturated rings. The van der Waals surface area contributed by atoms with Gasteiger partial charge < -0.3 is 10.1 Å². The molecule has 0 spiro atoms. The number of pyridine rings is 1. The highest BCUT2D eigenvalue weighted by atomic mass is 16.5. The van der Waals surface area contributed by atoms with Crippen LogP contribution < -0.4 is 5.32 Å². The molecule has 0 aliphatic rings. The summed E-state index contributed by atoms with van der Waals surface area (Å²) >= 11 is 0. The average Bonchev–Trinajstić information content (AvgIpc) is 2.93. The number of esters is 1. The van der Waals surface area contributed by atoms with E-state index >= 15 is 0 Å². The summed E-state index contributed by atoms with van der Waals surface area (Å²) in [7, 11) is 1.31. The van der Waals surface area contributed by atoms with Crippen molar-refractivity contribution in [3.63, 3.8) is 0 Å². The molecule has 0 atom stereocenters. The zero-order chi connectivity index (χ0) is 15.1. The summed E-state index contributed by atoms with van der Waals surface area (Å²) in [6.07, 6.45) is 5.67. The Morgan fingerprint density at radius 2 is 2.24 bits per heavy atom. The van der Waals surface area contributed by atoms with Crippen molar-refractivity contribution in [1.29, 1.82) is 0 Å². The smallest absolute Gasteiger partial charge is 0.327 e. The summed E-state index contributed by atoms with van der Waals surface area (Å²) in [5, 5.41) is 6.69. The van der Waals surface area contributed by atoms with Gasteiger partial charge in [0.25, 0.3) is 0 Å². The number of anilines is 1. The molecule has 0 saturated carbocycles. The van der Waals surface area contributed by atoms with Gasteiger partial charge in [0.15, 0.2) is 0 Å². The van der Waals surface area contributed by atoms with Crippen LogP contribution in [0.15, 0.2) is 36.8 Å². The Morgan fingerprint density at radius 1 is 1.38 bits per heavy atom. The van der Waals surface area contributed by atoms with Gasteiger partial charge in [-0.25, -0.2) is 0 Å². The van der Waals surface area contributed by atoms with Crippen LogP contribution in [-0.2, 0) is 27.3 Å². The second-order valence-corrected chi connectivity index (χ2v) is 4.37. The van der Waals surface area contributed by atoms with Crippen molar-refractivity contribution in [3.8, 4) is 0 Å². The van der Waals surface area contributed by atoms with Gasteiger partial charge in [0.2, 0.25) is 5.91 Å². The molecule has 2 rings (SSSR count). The standard InChI is InChI=1S/C14H16N4O3/c1-21-14(20)10-18-9-12(8-16-18)17-13(19)6-5-11-4-2-3-7-15-11/h2-4,7-9H,5-6,10H2,1H3,(H,17,19). The molecule has 2 aromatic rings. The Kier molecular flexibility index (Phi) is 5.03. The van der Waals surface area contributed by atoms with E-state index in [4.69, 9.17) is 0 Å². The maximum absolute atomic E-state index is 11.8. The molecule has 0 aromatic carbocycles. The van der Waals surface area contributed by atoms with Crippen LogP contribution in [-0.4, -0.2) is 33.8 Å². The minimum Gasteiger partial charge on any atom is -0.468 e. The molecule has 1 amide bonds. The van der Waals surface area contributed by atoms with Crippen LogP contribution in [0.3, 0.4) is 0 Å². The maximum Gasteiger partial charge on any atom is 0.327 e. The molecule has 0 bridgehead atoms. The highest BCUT2D eigenvalue weighted by molar-refractivity contribution is 5.90. The number of nitrogens with zero attached hydrogens (tertiary/aromatic N) is 3. The lowest BCUT2D eigenvalue weighted by atomic mass is 10.2. The quantitative estimate of drug-likeness (QED) is 0.802. The zero-order valence-corrected chi connectivity index (χ0v) is 11.7. The summed E-state index contributed by atoms with van der Waals surface area (Å²) in [6.45, 7) is 0.0142. The number of rotatable bonds is 6. The third-order valence-corrected chi connectivity index (χ3v) is 2.77. The maximum atomic E-state index is 11.8. The fraction of sp³-hybridized carbons (Fsp3) is 0.286. The van der Waals surface area contributed by atoms with Crippen LogP contribution in [0.4, 0.5) is 5.69 Å². The molecular formula is C14H16N4O3. The van der Waals surface area contributed by atoms with E-state index in [2.05, 4.69) is 20.1 Å². The third-order valence-electron chi connectivity index (χ3n) is 2.77. The molecule has 0 aliphatic heterocycles. The van der Waals surface area contributed by atoms with Crippen molar-refractivity contribution < 1.29 is 14.3 Å². The van der Waals surface area contributed by atoms with Gasteiger partial charge in [-0.15, -0.1) is 0 Å². The minimum atomic E-state index is -0.397. The number of hydrogen-bond acceptors (Lipinski definition) is 5. The zero-order valence-electron chi connectivity index (χ0n) is 11.7. The number of carbonyl (C=O) groups excluding carboxylic acids is 2. The lowest BCUT2D eigenvalue weighted by Gasteiger charge is -2.02. The van der Waals surface area contributed by atoms with Gasteiger partial charge in [0.05, 0.1) is 19.0 Å². The monoisotopic (exact) mass is 288 g/mol. The van der Waals surface area contributed by atoms with Crippen molar-refractivity contribution >= 4 is 17.6 Å². The van der Waals surface area contributed by atoms with Gasteiger partial charge in [-0.1, -0.05) is 6.07 Å². The number of carbonyl (C=O) groups is 2. The molecule has 2 heterocycles. The Bertz CT molecular complexity index is 610. The Hall–Kier alpha value is -2.70. The molecule has 1 N–H and O–H groups in total. The Balaban J connectivity index is 1.81. The van der Waals surface area contributed by atoms with Crippen LogP contribution in [0.5, 0.6) is 0 Å². The van der Waals surface area contributed by atoms with E-state index in [9.17, 15) is 9.59 Å². The van der Waals surface area contributed by atoms with Gasteiger partial charge in [0.1, 0.15) is 6.54 Å². The molecule has 0 saturated heterocycles. The first-order chi connectivity index (χ1) is 10.2. The molecule has 0 aliphatic carbocycles. The average molecular weight is 288 g/mol. The van der Waals surface area contributed by atoms with Crippen LogP contribution in [0.1, 0.15) is 12.1 Å². The third kappa shape index (κ3) is 4.72. The van der Waals surface area contributed by atoms with E-state index in [-0.39, 0.29) is 12.5 Å². The number of aromatic nitrogens is 3. The molecule has 110 valence electrons. The molecule has 21 heavy (non-hydrogen) atoms. The molecule has 7 heteroatoms. The topological polar surface area (TPSA) is 86.1 Å². The van der Waals surface area contributed by atoms with E-state index in [1.165, 1.54) is 18.0 Å². The second kappa shape index (κ2) is 7.18. The number of amides is 1. The van der Waals surface area contributed by atoms with Gasteiger partial charge in [0, 0.05) is 24.5 Å². The predicted octanol–water partition coefficient (Wildman–Crippen LogP) is 1.02. The minimum absolute atomic E-state index is 0.0142. The van der Waals surface area contributed by atoms with E-state index in [1.54, 1.807) is 12.4 Å². The van der Waals surface area contributed by atoms with E-state index in [0.29, 0.717) is 18.5 Å². The highest BCUT2D eigenvalue weighted by Crippen LogP contribution is 2.07. The van der Waals surface area contributed by atoms with E-state index < -0.39 is 5.97 Å². The lowest BCUT2D eigenvalue weighted by molar-refractivity contribution is -0.141. The number of hydrogen-bond donors (Lipinski definition) is 1. The largest absolute Gasteiger partial charge is 0.468 e. The normalized spacial score (nSPS) is 10.1. The van der Waals surface area contributed by atoms with Crippen molar-refractivity contribution in [2.24, 2.45) is 0 Å². The van der Waals surface area contributed by atoms with Gasteiger partial charge in [-0.3, -0.25) is 19.3 Å². The van der Waals surface area contributed by atoms with Gasteiger partial charge in [-0.2, -0.15) is 5.10 Å². The lowest BCUT2D eigenvalue weighted by Crippen LogP contribution is -2.13. The van der Waals surface area contributed by atoms with E-state index in [0.717, 1.165) is 5.69 Å². The first-order valence-corrected chi connectivity index (χ1v) is 6.46. The summed E-state index contributed by atoms with van der Waals surface area (Å²) in [6, 6.07) is 5.60. The fourth-order valence-electron chi connectivity index (χ4n) is 1.72. The SMILES string of the molecule is COC(=O)Cn1cc(NC(=O)CCc2ccccn2)cn1. The van der Waals surface area contributed by atoms with Crippen molar-refractivity contribution in [1.82, 2.24) is 14.8 Å². The first kappa shape index (κ1) is 14.7. The summed E-state index contributed by atoms with van der Waals surface area (Å²) in [4.78, 5) is 27.1. The number of ether oxygens (including phenoxy) is 1. The van der Waals surface area contributed by atoms with Crippen molar-refractivity contribution in [3.05, 3.63) is 42.5 Å². The highest BCUT2D eigenvalue weighted by Gasteiger charge is 2.07. The van der Waals surface area contributed by atoms with Crippen LogP contribution in [0.25, 0.3) is 0 Å². The summed E-state index contributed by atoms with van der Waals surface area (Å²) in [5.74, 6) is -0.524. The number of methoxy groups -OCH3 is 1.